The number of aryl methyl sites for hydroxylation is 1. The van der Waals surface area contributed by atoms with E-state index >= 15 is 0 Å². The lowest BCUT2D eigenvalue weighted by molar-refractivity contribution is -0.129. The van der Waals surface area contributed by atoms with Gasteiger partial charge in [0, 0.05) is 11.8 Å². The molecule has 0 saturated heterocycles. The molecule has 0 spiro atoms. The molecule has 0 bridgehead atoms. The van der Waals surface area contributed by atoms with Gasteiger partial charge in [-0.3, -0.25) is 25.2 Å². The summed E-state index contributed by atoms with van der Waals surface area (Å²) in [7, 11) is 0. The Balaban J connectivity index is 1.95. The van der Waals surface area contributed by atoms with Gasteiger partial charge < -0.3 is 5.32 Å². The molecule has 1 heterocycles. The van der Waals surface area contributed by atoms with Crippen molar-refractivity contribution in [1.29, 1.82) is 0 Å². The Morgan fingerprint density at radius 1 is 1.25 bits per heavy atom. The van der Waals surface area contributed by atoms with Crippen LogP contribution < -0.4 is 16.2 Å². The van der Waals surface area contributed by atoms with E-state index in [2.05, 4.69) is 23.1 Å². The van der Waals surface area contributed by atoms with Crippen molar-refractivity contribution in [1.82, 2.24) is 16.2 Å². The molecule has 3 N–H and O–H groups in total. The van der Waals surface area contributed by atoms with E-state index in [0.717, 1.165) is 19.3 Å². The van der Waals surface area contributed by atoms with Gasteiger partial charge in [-0.15, -0.1) is 11.3 Å². The highest BCUT2D eigenvalue weighted by molar-refractivity contribution is 7.14. The Kier molecular flexibility index (Phi) is 5.99. The van der Waals surface area contributed by atoms with Crippen molar-refractivity contribution in [3.8, 4) is 0 Å². The zero-order valence-corrected chi connectivity index (χ0v) is 15.4. The minimum atomic E-state index is -0.680. The molecular formula is C17H25N3O3S. The molecule has 7 heteroatoms. The molecule has 0 fully saturated rings. The molecule has 1 aromatic rings. The Hall–Kier alpha value is -1.89. The van der Waals surface area contributed by atoms with Crippen LogP contribution in [0.2, 0.25) is 0 Å². The number of hydrazine groups is 1. The Bertz CT molecular complexity index is 639. The monoisotopic (exact) mass is 351 g/mol. The lowest BCUT2D eigenvalue weighted by Crippen LogP contribution is -2.53. The fourth-order valence-corrected chi connectivity index (χ4v) is 3.93. The molecule has 3 amide bonds. The highest BCUT2D eigenvalue weighted by Gasteiger charge is 2.24. The van der Waals surface area contributed by atoms with Crippen molar-refractivity contribution in [2.24, 2.45) is 11.8 Å². The van der Waals surface area contributed by atoms with E-state index < -0.39 is 11.9 Å². The smallest absolute Gasteiger partial charge is 0.279 e. The van der Waals surface area contributed by atoms with Crippen LogP contribution in [-0.2, 0) is 22.4 Å². The zero-order valence-electron chi connectivity index (χ0n) is 14.6. The minimum absolute atomic E-state index is 0.0821. The van der Waals surface area contributed by atoms with Gasteiger partial charge in [0.25, 0.3) is 11.8 Å². The Morgan fingerprint density at radius 3 is 2.58 bits per heavy atom. The first-order chi connectivity index (χ1) is 11.3. The SMILES string of the molecule is CC(=O)N[C@@H](C(=O)NNC(=O)c1cc2c(s1)CC[C@H](C)C2)C(C)C. The van der Waals surface area contributed by atoms with E-state index in [-0.39, 0.29) is 17.7 Å². The fourth-order valence-electron chi connectivity index (χ4n) is 2.83. The van der Waals surface area contributed by atoms with Gasteiger partial charge in [-0.2, -0.15) is 0 Å². The summed E-state index contributed by atoms with van der Waals surface area (Å²) in [5.74, 6) is -0.465. The summed E-state index contributed by atoms with van der Waals surface area (Å²) in [4.78, 5) is 37.5. The first-order valence-corrected chi connectivity index (χ1v) is 9.08. The number of hydrogen-bond acceptors (Lipinski definition) is 4. The van der Waals surface area contributed by atoms with Crippen molar-refractivity contribution in [2.75, 3.05) is 0 Å². The topological polar surface area (TPSA) is 87.3 Å². The summed E-state index contributed by atoms with van der Waals surface area (Å²) in [5, 5.41) is 2.59. The number of fused-ring (bicyclic) bond motifs is 1. The minimum Gasteiger partial charge on any atom is -0.344 e. The standard InChI is InChI=1S/C17H25N3O3S/c1-9(2)15(18-11(4)21)17(23)20-19-16(22)14-8-12-7-10(3)5-6-13(12)24-14/h8-10,15H,5-7H2,1-4H3,(H,18,21)(H,19,22)(H,20,23)/t10-,15+/m0/s1. The molecule has 0 aliphatic heterocycles. The van der Waals surface area contributed by atoms with E-state index in [9.17, 15) is 14.4 Å². The van der Waals surface area contributed by atoms with Crippen molar-refractivity contribution >= 4 is 29.1 Å². The maximum absolute atomic E-state index is 12.3. The largest absolute Gasteiger partial charge is 0.344 e. The van der Waals surface area contributed by atoms with Gasteiger partial charge in [-0.1, -0.05) is 20.8 Å². The van der Waals surface area contributed by atoms with Crippen LogP contribution in [0, 0.1) is 11.8 Å². The van der Waals surface area contributed by atoms with E-state index in [1.54, 1.807) is 0 Å². The number of carbonyl (C=O) groups is 3. The van der Waals surface area contributed by atoms with Gasteiger partial charge in [0.2, 0.25) is 5.91 Å². The van der Waals surface area contributed by atoms with E-state index in [1.165, 1.54) is 28.7 Å². The fraction of sp³-hybridized carbons (Fsp3) is 0.588. The van der Waals surface area contributed by atoms with Crippen LogP contribution in [0.1, 0.15) is 54.2 Å². The van der Waals surface area contributed by atoms with Crippen molar-refractivity contribution in [3.63, 3.8) is 0 Å². The highest BCUT2D eigenvalue weighted by Crippen LogP contribution is 2.32. The lowest BCUT2D eigenvalue weighted by atomic mass is 9.90. The predicted molar refractivity (Wildman–Crippen MR) is 93.6 cm³/mol. The van der Waals surface area contributed by atoms with E-state index in [0.29, 0.717) is 10.8 Å². The number of hydrogen-bond donors (Lipinski definition) is 3. The summed E-state index contributed by atoms with van der Waals surface area (Å²) in [5.41, 5.74) is 6.10. The van der Waals surface area contributed by atoms with Crippen LogP contribution in [0.25, 0.3) is 0 Å². The lowest BCUT2D eigenvalue weighted by Gasteiger charge is -2.20. The van der Waals surface area contributed by atoms with Crippen LogP contribution in [0.4, 0.5) is 0 Å². The quantitative estimate of drug-likeness (QED) is 0.723. The summed E-state index contributed by atoms with van der Waals surface area (Å²) < 4.78 is 0. The summed E-state index contributed by atoms with van der Waals surface area (Å²) in [6, 6.07) is 1.24. The summed E-state index contributed by atoms with van der Waals surface area (Å²) in [6.07, 6.45) is 3.17. The van der Waals surface area contributed by atoms with Gasteiger partial charge in [-0.05, 0) is 42.7 Å². The first-order valence-electron chi connectivity index (χ1n) is 8.26. The molecule has 2 rings (SSSR count). The number of thiophene rings is 1. The average Bonchev–Trinajstić information content (AvgIpc) is 2.92. The Morgan fingerprint density at radius 2 is 1.96 bits per heavy atom. The van der Waals surface area contributed by atoms with Gasteiger partial charge in [-0.25, -0.2) is 0 Å². The van der Waals surface area contributed by atoms with Crippen LogP contribution in [0.5, 0.6) is 0 Å². The molecule has 0 radical (unpaired) electrons. The summed E-state index contributed by atoms with van der Waals surface area (Å²) in [6.45, 7) is 7.24. The molecule has 1 aliphatic carbocycles. The molecule has 132 valence electrons. The third kappa shape index (κ3) is 4.56. The van der Waals surface area contributed by atoms with Crippen LogP contribution in [-0.4, -0.2) is 23.8 Å². The molecule has 1 aliphatic rings. The average molecular weight is 351 g/mol. The number of amides is 3. The number of rotatable bonds is 4. The van der Waals surface area contributed by atoms with E-state index in [4.69, 9.17) is 0 Å². The third-order valence-corrected chi connectivity index (χ3v) is 5.40. The van der Waals surface area contributed by atoms with Crippen molar-refractivity contribution in [2.45, 2.75) is 53.0 Å². The van der Waals surface area contributed by atoms with Crippen LogP contribution in [0.15, 0.2) is 6.07 Å². The number of carbonyl (C=O) groups excluding carboxylic acids is 3. The van der Waals surface area contributed by atoms with Crippen LogP contribution >= 0.6 is 11.3 Å². The molecule has 2 atom stereocenters. The number of nitrogens with one attached hydrogen (secondary N) is 3. The second kappa shape index (κ2) is 7.79. The predicted octanol–water partition coefficient (Wildman–Crippen LogP) is 1.79. The van der Waals surface area contributed by atoms with Gasteiger partial charge in [0.1, 0.15) is 6.04 Å². The molecule has 6 nitrogen and oxygen atoms in total. The van der Waals surface area contributed by atoms with Crippen molar-refractivity contribution in [3.05, 3.63) is 21.4 Å². The maximum atomic E-state index is 12.3. The van der Waals surface area contributed by atoms with Crippen LogP contribution in [0.3, 0.4) is 0 Å². The van der Waals surface area contributed by atoms with Gasteiger partial charge in [0.05, 0.1) is 4.88 Å². The Labute approximate surface area is 146 Å². The van der Waals surface area contributed by atoms with Crippen molar-refractivity contribution < 1.29 is 14.4 Å². The molecule has 1 aromatic heterocycles. The maximum Gasteiger partial charge on any atom is 0.279 e. The highest BCUT2D eigenvalue weighted by atomic mass is 32.1. The molecular weight excluding hydrogens is 326 g/mol. The second-order valence-corrected chi connectivity index (χ2v) is 7.91. The molecule has 0 aromatic carbocycles. The zero-order chi connectivity index (χ0) is 17.9. The van der Waals surface area contributed by atoms with E-state index in [1.807, 2.05) is 19.9 Å². The first kappa shape index (κ1) is 18.4. The normalized spacial score (nSPS) is 17.8. The molecule has 0 saturated carbocycles. The second-order valence-electron chi connectivity index (χ2n) is 6.77. The van der Waals surface area contributed by atoms with Gasteiger partial charge >= 0.3 is 0 Å². The molecule has 0 unspecified atom stereocenters. The third-order valence-electron chi connectivity index (χ3n) is 4.16. The summed E-state index contributed by atoms with van der Waals surface area (Å²) >= 11 is 1.49. The molecule has 24 heavy (non-hydrogen) atoms. The van der Waals surface area contributed by atoms with Gasteiger partial charge in [0.15, 0.2) is 0 Å².